The lowest BCUT2D eigenvalue weighted by Gasteiger charge is -2.36. The summed E-state index contributed by atoms with van der Waals surface area (Å²) in [6, 6.07) is 0.259. The number of aryl methyl sites for hydroxylation is 1. The van der Waals surface area contributed by atoms with E-state index in [0.29, 0.717) is 19.0 Å². The highest BCUT2D eigenvalue weighted by molar-refractivity contribution is 5.79. The minimum Gasteiger partial charge on any atom is -0.449 e. The zero-order valence-electron chi connectivity index (χ0n) is 9.93. The Morgan fingerprint density at radius 3 is 2.94 bits per heavy atom. The Morgan fingerprint density at radius 1 is 1.62 bits per heavy atom. The van der Waals surface area contributed by atoms with E-state index in [9.17, 15) is 4.79 Å². The van der Waals surface area contributed by atoms with Crippen LogP contribution in [0.4, 0.5) is 0 Å². The van der Waals surface area contributed by atoms with Gasteiger partial charge in [0.15, 0.2) is 5.89 Å². The first kappa shape index (κ1) is 11.1. The number of oxazole rings is 1. The summed E-state index contributed by atoms with van der Waals surface area (Å²) in [5.74, 6) is 0.836. The molecule has 0 N–H and O–H groups in total. The monoisotopic (exact) mass is 223 g/mol. The molecule has 1 saturated heterocycles. The van der Waals surface area contributed by atoms with Crippen molar-refractivity contribution in [2.75, 3.05) is 20.1 Å². The Labute approximate surface area is 95.0 Å². The standard InChI is InChI=1S/C11H17N3O2/c1-8-4-14(6-11(15)13(8)3)5-10-7-16-9(2)12-10/h7-8H,4-6H2,1-3H3. The molecule has 0 bridgehead atoms. The average Bonchev–Trinajstić information content (AvgIpc) is 2.60. The van der Waals surface area contributed by atoms with Crippen molar-refractivity contribution in [3.05, 3.63) is 17.8 Å². The Kier molecular flexibility index (Phi) is 2.96. The molecule has 1 aliphatic heterocycles. The zero-order valence-corrected chi connectivity index (χ0v) is 9.93. The summed E-state index contributed by atoms with van der Waals surface area (Å²) >= 11 is 0. The first-order valence-corrected chi connectivity index (χ1v) is 5.45. The normalized spacial score (nSPS) is 22.8. The Balaban J connectivity index is 1.99. The van der Waals surface area contributed by atoms with Crippen molar-refractivity contribution in [2.45, 2.75) is 26.4 Å². The number of aromatic nitrogens is 1. The summed E-state index contributed by atoms with van der Waals surface area (Å²) in [6.45, 7) is 5.90. The van der Waals surface area contributed by atoms with Crippen LogP contribution in [0, 0.1) is 6.92 Å². The first-order chi connectivity index (χ1) is 7.56. The molecule has 5 nitrogen and oxygen atoms in total. The van der Waals surface area contributed by atoms with Crippen LogP contribution in [0.2, 0.25) is 0 Å². The summed E-state index contributed by atoms with van der Waals surface area (Å²) in [5.41, 5.74) is 0.891. The van der Waals surface area contributed by atoms with E-state index in [1.54, 1.807) is 11.2 Å². The molecule has 5 heteroatoms. The molecule has 1 atom stereocenters. The van der Waals surface area contributed by atoms with Gasteiger partial charge in [-0.15, -0.1) is 0 Å². The molecule has 1 amide bonds. The van der Waals surface area contributed by atoms with Crippen molar-refractivity contribution in [2.24, 2.45) is 0 Å². The van der Waals surface area contributed by atoms with Crippen LogP contribution in [-0.2, 0) is 11.3 Å². The van der Waals surface area contributed by atoms with Crippen LogP contribution >= 0.6 is 0 Å². The molecule has 0 aromatic carbocycles. The van der Waals surface area contributed by atoms with Crippen molar-refractivity contribution in [1.29, 1.82) is 0 Å². The second-order valence-electron chi connectivity index (χ2n) is 4.38. The molecule has 16 heavy (non-hydrogen) atoms. The molecule has 1 fully saturated rings. The Hall–Kier alpha value is -1.36. The topological polar surface area (TPSA) is 49.6 Å². The van der Waals surface area contributed by atoms with Gasteiger partial charge in [-0.05, 0) is 6.92 Å². The van der Waals surface area contributed by atoms with Crippen LogP contribution in [0.15, 0.2) is 10.7 Å². The molecule has 0 aliphatic carbocycles. The van der Waals surface area contributed by atoms with Crippen molar-refractivity contribution in [3.63, 3.8) is 0 Å². The van der Waals surface area contributed by atoms with Gasteiger partial charge in [0.25, 0.3) is 0 Å². The maximum atomic E-state index is 11.7. The van der Waals surface area contributed by atoms with Gasteiger partial charge in [-0.1, -0.05) is 0 Å². The molecule has 2 heterocycles. The minimum atomic E-state index is 0.166. The number of likely N-dealkylation sites (N-methyl/N-ethyl adjacent to an activating group) is 1. The molecule has 1 aliphatic rings. The number of nitrogens with zero attached hydrogens (tertiary/aromatic N) is 3. The van der Waals surface area contributed by atoms with Crippen molar-refractivity contribution >= 4 is 5.91 Å². The summed E-state index contributed by atoms with van der Waals surface area (Å²) in [7, 11) is 1.85. The van der Waals surface area contributed by atoms with E-state index < -0.39 is 0 Å². The van der Waals surface area contributed by atoms with E-state index in [2.05, 4.69) is 16.8 Å². The van der Waals surface area contributed by atoms with Gasteiger partial charge >= 0.3 is 0 Å². The maximum Gasteiger partial charge on any atom is 0.236 e. The number of piperazine rings is 1. The van der Waals surface area contributed by atoms with Crippen LogP contribution in [0.25, 0.3) is 0 Å². The van der Waals surface area contributed by atoms with E-state index in [1.807, 2.05) is 14.0 Å². The number of hydrogen-bond donors (Lipinski definition) is 0. The van der Waals surface area contributed by atoms with E-state index in [1.165, 1.54) is 0 Å². The lowest BCUT2D eigenvalue weighted by molar-refractivity contribution is -0.137. The van der Waals surface area contributed by atoms with Crippen LogP contribution in [0.3, 0.4) is 0 Å². The van der Waals surface area contributed by atoms with Crippen LogP contribution < -0.4 is 0 Å². The highest BCUT2D eigenvalue weighted by Crippen LogP contribution is 2.12. The molecular weight excluding hydrogens is 206 g/mol. The van der Waals surface area contributed by atoms with Crippen LogP contribution in [-0.4, -0.2) is 46.9 Å². The molecule has 0 spiro atoms. The Bertz CT molecular complexity index is 388. The summed E-state index contributed by atoms with van der Waals surface area (Å²) < 4.78 is 5.15. The predicted molar refractivity (Wildman–Crippen MR) is 58.7 cm³/mol. The van der Waals surface area contributed by atoms with Gasteiger partial charge in [-0.3, -0.25) is 9.69 Å². The van der Waals surface area contributed by atoms with Crippen molar-refractivity contribution in [1.82, 2.24) is 14.8 Å². The van der Waals surface area contributed by atoms with Crippen LogP contribution in [0.5, 0.6) is 0 Å². The van der Waals surface area contributed by atoms with E-state index in [-0.39, 0.29) is 11.9 Å². The third-order valence-corrected chi connectivity index (χ3v) is 2.99. The van der Waals surface area contributed by atoms with Gasteiger partial charge in [0.1, 0.15) is 6.26 Å². The fourth-order valence-electron chi connectivity index (χ4n) is 1.94. The number of hydrogen-bond acceptors (Lipinski definition) is 4. The van der Waals surface area contributed by atoms with Gasteiger partial charge < -0.3 is 9.32 Å². The average molecular weight is 223 g/mol. The fraction of sp³-hybridized carbons (Fsp3) is 0.636. The third kappa shape index (κ3) is 2.24. The van der Waals surface area contributed by atoms with Crippen molar-refractivity contribution < 1.29 is 9.21 Å². The maximum absolute atomic E-state index is 11.7. The van der Waals surface area contributed by atoms with Gasteiger partial charge in [0.2, 0.25) is 5.91 Å². The predicted octanol–water partition coefficient (Wildman–Crippen LogP) is 0.646. The SMILES string of the molecule is Cc1nc(CN2CC(=O)N(C)C(C)C2)co1. The minimum absolute atomic E-state index is 0.166. The number of amides is 1. The third-order valence-electron chi connectivity index (χ3n) is 2.99. The van der Waals surface area contributed by atoms with Crippen molar-refractivity contribution in [3.8, 4) is 0 Å². The van der Waals surface area contributed by atoms with Gasteiger partial charge in [-0.2, -0.15) is 0 Å². The highest BCUT2D eigenvalue weighted by atomic mass is 16.3. The second kappa shape index (κ2) is 4.25. The van der Waals surface area contributed by atoms with Gasteiger partial charge in [-0.25, -0.2) is 4.98 Å². The molecule has 0 radical (unpaired) electrons. The summed E-state index contributed by atoms with van der Waals surface area (Å²) in [6.07, 6.45) is 1.66. The van der Waals surface area contributed by atoms with E-state index in [4.69, 9.17) is 4.42 Å². The van der Waals surface area contributed by atoms with Gasteiger partial charge in [0.05, 0.1) is 12.2 Å². The second-order valence-corrected chi connectivity index (χ2v) is 4.38. The highest BCUT2D eigenvalue weighted by Gasteiger charge is 2.27. The fourth-order valence-corrected chi connectivity index (χ4v) is 1.94. The molecule has 1 unspecified atom stereocenters. The van der Waals surface area contributed by atoms with Crippen LogP contribution in [0.1, 0.15) is 18.5 Å². The van der Waals surface area contributed by atoms with E-state index in [0.717, 1.165) is 12.2 Å². The first-order valence-electron chi connectivity index (χ1n) is 5.45. The quantitative estimate of drug-likeness (QED) is 0.738. The zero-order chi connectivity index (χ0) is 11.7. The number of carbonyl (C=O) groups excluding carboxylic acids is 1. The number of carbonyl (C=O) groups is 1. The molecule has 0 saturated carbocycles. The molecule has 1 aromatic rings. The Morgan fingerprint density at radius 2 is 2.38 bits per heavy atom. The lowest BCUT2D eigenvalue weighted by atomic mass is 10.2. The summed E-state index contributed by atoms with van der Waals surface area (Å²) in [4.78, 5) is 19.8. The molecule has 88 valence electrons. The van der Waals surface area contributed by atoms with E-state index >= 15 is 0 Å². The molecule has 1 aromatic heterocycles. The largest absolute Gasteiger partial charge is 0.449 e. The summed E-state index contributed by atoms with van der Waals surface area (Å²) in [5, 5.41) is 0. The lowest BCUT2D eigenvalue weighted by Crippen LogP contribution is -2.53. The molecule has 2 rings (SSSR count). The molecular formula is C11H17N3O2. The van der Waals surface area contributed by atoms with Gasteiger partial charge in [0, 0.05) is 33.1 Å². The smallest absolute Gasteiger partial charge is 0.236 e. The number of rotatable bonds is 2.